The van der Waals surface area contributed by atoms with Gasteiger partial charge in [0.15, 0.2) is 0 Å². The average molecular weight is 789 g/mol. The smallest absolute Gasteiger partial charge is 0.0542 e. The molecule has 0 amide bonds. The van der Waals surface area contributed by atoms with E-state index in [1.165, 1.54) is 87.5 Å². The van der Waals surface area contributed by atoms with Gasteiger partial charge in [0.05, 0.1) is 11.0 Å². The number of hydrogen-bond donors (Lipinski definition) is 0. The van der Waals surface area contributed by atoms with Gasteiger partial charge in [0.2, 0.25) is 0 Å². The van der Waals surface area contributed by atoms with Crippen LogP contribution in [0, 0.1) is 0 Å². The van der Waals surface area contributed by atoms with Gasteiger partial charge in [-0.05, 0) is 126 Å². The van der Waals surface area contributed by atoms with Crippen LogP contribution < -0.4 is 4.90 Å². The molecule has 62 heavy (non-hydrogen) atoms. The van der Waals surface area contributed by atoms with Gasteiger partial charge in [-0.25, -0.2) is 0 Å². The number of benzene rings is 11. The Kier molecular flexibility index (Phi) is 8.53. The van der Waals surface area contributed by atoms with Crippen LogP contribution in [0.25, 0.3) is 93.2 Å². The van der Waals surface area contributed by atoms with Crippen LogP contribution in [-0.4, -0.2) is 4.57 Å². The fourth-order valence-electron chi connectivity index (χ4n) is 9.70. The van der Waals surface area contributed by atoms with E-state index < -0.39 is 0 Å². The van der Waals surface area contributed by atoms with Gasteiger partial charge in [-0.15, -0.1) is 0 Å². The molecule has 290 valence electrons. The van der Waals surface area contributed by atoms with Crippen LogP contribution in [0.15, 0.2) is 243 Å². The summed E-state index contributed by atoms with van der Waals surface area (Å²) in [7, 11) is 0. The first-order chi connectivity index (χ1) is 30.8. The lowest BCUT2D eigenvalue weighted by atomic mass is 9.85. The molecule has 2 heteroatoms. The fraction of sp³-hybridized carbons (Fsp3) is 0. The van der Waals surface area contributed by atoms with E-state index in [4.69, 9.17) is 0 Å². The third-order valence-electron chi connectivity index (χ3n) is 12.5. The number of aromatic nitrogens is 1. The predicted molar refractivity (Wildman–Crippen MR) is 264 cm³/mol. The second kappa shape index (κ2) is 14.8. The van der Waals surface area contributed by atoms with Gasteiger partial charge in [-0.2, -0.15) is 0 Å². The van der Waals surface area contributed by atoms with Gasteiger partial charge >= 0.3 is 0 Å². The van der Waals surface area contributed by atoms with E-state index in [-0.39, 0.29) is 0 Å². The van der Waals surface area contributed by atoms with Crippen LogP contribution in [0.4, 0.5) is 17.1 Å². The molecule has 0 atom stereocenters. The second-order valence-corrected chi connectivity index (χ2v) is 16.1. The topological polar surface area (TPSA) is 8.17 Å². The van der Waals surface area contributed by atoms with Crippen molar-refractivity contribution in [2.24, 2.45) is 0 Å². The Morgan fingerprint density at radius 3 is 1.45 bits per heavy atom. The van der Waals surface area contributed by atoms with Gasteiger partial charge < -0.3 is 9.47 Å². The Balaban J connectivity index is 1.12. The standard InChI is InChI=1S/C60H40N2/c1-4-16-41(17-5-1)43-28-31-47(32-29-43)61(50-35-37-58-55(39-50)53-25-14-15-27-57(53)62(58)48-33-30-42-18-10-11-23-46(42)38-48)49-34-36-52-51-24-12-13-26-54(51)59(44-19-6-2-7-20-44)60(56(52)40-49)45-21-8-3-9-22-45/h1-40H. The minimum atomic E-state index is 1.09. The fourth-order valence-corrected chi connectivity index (χ4v) is 9.70. The summed E-state index contributed by atoms with van der Waals surface area (Å²) in [4.78, 5) is 2.43. The molecule has 2 nitrogen and oxygen atoms in total. The molecule has 0 N–H and O–H groups in total. The molecule has 0 spiro atoms. The first kappa shape index (κ1) is 35.7. The second-order valence-electron chi connectivity index (χ2n) is 16.1. The quantitative estimate of drug-likeness (QED) is 0.146. The number of nitrogens with zero attached hydrogens (tertiary/aromatic N) is 2. The van der Waals surface area contributed by atoms with Gasteiger partial charge in [-0.3, -0.25) is 0 Å². The van der Waals surface area contributed by atoms with E-state index >= 15 is 0 Å². The van der Waals surface area contributed by atoms with Crippen molar-refractivity contribution in [3.8, 4) is 39.1 Å². The molecular weight excluding hydrogens is 749 g/mol. The van der Waals surface area contributed by atoms with Gasteiger partial charge in [0.25, 0.3) is 0 Å². The molecule has 0 saturated heterocycles. The molecule has 0 saturated carbocycles. The lowest BCUT2D eigenvalue weighted by Gasteiger charge is -2.27. The highest BCUT2D eigenvalue weighted by molar-refractivity contribution is 6.22. The van der Waals surface area contributed by atoms with Crippen molar-refractivity contribution < 1.29 is 0 Å². The Morgan fingerprint density at radius 1 is 0.258 bits per heavy atom. The summed E-state index contributed by atoms with van der Waals surface area (Å²) in [6, 6.07) is 88.6. The summed E-state index contributed by atoms with van der Waals surface area (Å²) in [5.41, 5.74) is 14.1. The lowest BCUT2D eigenvalue weighted by Crippen LogP contribution is -2.10. The zero-order valence-electron chi connectivity index (χ0n) is 34.0. The number of rotatable bonds is 7. The zero-order chi connectivity index (χ0) is 41.0. The van der Waals surface area contributed by atoms with Crippen LogP contribution in [0.5, 0.6) is 0 Å². The van der Waals surface area contributed by atoms with E-state index in [0.29, 0.717) is 0 Å². The molecule has 0 aliphatic heterocycles. The van der Waals surface area contributed by atoms with E-state index in [1.54, 1.807) is 0 Å². The summed E-state index contributed by atoms with van der Waals surface area (Å²) in [5, 5.41) is 9.84. The molecular formula is C60H40N2. The third-order valence-corrected chi connectivity index (χ3v) is 12.5. The molecule has 0 aliphatic carbocycles. The third kappa shape index (κ3) is 5.96. The van der Waals surface area contributed by atoms with Crippen LogP contribution >= 0.6 is 0 Å². The Bertz CT molecular complexity index is 3610. The maximum atomic E-state index is 2.43. The molecule has 0 fully saturated rings. The number of hydrogen-bond acceptors (Lipinski definition) is 1. The molecule has 0 bridgehead atoms. The van der Waals surface area contributed by atoms with Gasteiger partial charge in [0.1, 0.15) is 0 Å². The van der Waals surface area contributed by atoms with Gasteiger partial charge in [-0.1, -0.05) is 182 Å². The minimum absolute atomic E-state index is 1.09. The maximum Gasteiger partial charge on any atom is 0.0542 e. The maximum absolute atomic E-state index is 2.43. The first-order valence-corrected chi connectivity index (χ1v) is 21.3. The predicted octanol–water partition coefficient (Wildman–Crippen LogP) is 16.7. The van der Waals surface area contributed by atoms with Crippen LogP contribution in [-0.2, 0) is 0 Å². The summed E-state index contributed by atoms with van der Waals surface area (Å²) in [5.74, 6) is 0. The molecule has 11 aromatic carbocycles. The van der Waals surface area contributed by atoms with E-state index in [1.807, 2.05) is 0 Å². The summed E-state index contributed by atoms with van der Waals surface area (Å²) in [6.07, 6.45) is 0. The SMILES string of the molecule is c1ccc(-c2ccc(N(c3ccc4c(c3)c(-c3ccccc3)c(-c3ccccc3)c3ccccc34)c3ccc4c(c3)c3ccccc3n4-c3ccc4ccccc4c3)cc2)cc1. The van der Waals surface area contributed by atoms with E-state index in [0.717, 1.165) is 22.7 Å². The highest BCUT2D eigenvalue weighted by Crippen LogP contribution is 2.47. The molecule has 12 aromatic rings. The van der Waals surface area contributed by atoms with Crippen molar-refractivity contribution >= 4 is 71.2 Å². The van der Waals surface area contributed by atoms with E-state index in [2.05, 4.69) is 252 Å². The Morgan fingerprint density at radius 2 is 0.742 bits per heavy atom. The van der Waals surface area contributed by atoms with Crippen LogP contribution in [0.1, 0.15) is 0 Å². The molecule has 0 unspecified atom stereocenters. The van der Waals surface area contributed by atoms with Crippen molar-refractivity contribution in [2.45, 2.75) is 0 Å². The lowest BCUT2D eigenvalue weighted by molar-refractivity contribution is 1.18. The number of anilines is 3. The van der Waals surface area contributed by atoms with Crippen molar-refractivity contribution in [2.75, 3.05) is 4.90 Å². The summed E-state index contributed by atoms with van der Waals surface area (Å²) in [6.45, 7) is 0. The van der Waals surface area contributed by atoms with Crippen molar-refractivity contribution in [3.05, 3.63) is 243 Å². The first-order valence-electron chi connectivity index (χ1n) is 21.3. The molecule has 1 aromatic heterocycles. The monoisotopic (exact) mass is 788 g/mol. The highest BCUT2D eigenvalue weighted by Gasteiger charge is 2.22. The van der Waals surface area contributed by atoms with Gasteiger partial charge in [0, 0.05) is 33.5 Å². The molecule has 0 radical (unpaired) electrons. The van der Waals surface area contributed by atoms with Crippen molar-refractivity contribution in [1.82, 2.24) is 4.57 Å². The largest absolute Gasteiger partial charge is 0.310 e. The van der Waals surface area contributed by atoms with Crippen molar-refractivity contribution in [3.63, 3.8) is 0 Å². The molecule has 12 rings (SSSR count). The zero-order valence-corrected chi connectivity index (χ0v) is 34.0. The summed E-state index contributed by atoms with van der Waals surface area (Å²) < 4.78 is 2.41. The molecule has 1 heterocycles. The average Bonchev–Trinajstić information content (AvgIpc) is 3.68. The minimum Gasteiger partial charge on any atom is -0.310 e. The van der Waals surface area contributed by atoms with Crippen LogP contribution in [0.2, 0.25) is 0 Å². The normalized spacial score (nSPS) is 11.5. The number of fused-ring (bicyclic) bond motifs is 7. The van der Waals surface area contributed by atoms with Crippen molar-refractivity contribution in [1.29, 1.82) is 0 Å². The van der Waals surface area contributed by atoms with E-state index in [9.17, 15) is 0 Å². The van der Waals surface area contributed by atoms with Crippen LogP contribution in [0.3, 0.4) is 0 Å². The summed E-state index contributed by atoms with van der Waals surface area (Å²) >= 11 is 0. The highest BCUT2D eigenvalue weighted by atomic mass is 15.1. The molecule has 0 aliphatic rings. The number of para-hydroxylation sites is 1. The Labute approximate surface area is 360 Å². The Hall–Kier alpha value is -8.20.